The fourth-order valence-electron chi connectivity index (χ4n) is 1.40. The lowest BCUT2D eigenvalue weighted by atomic mass is 10.1. The lowest BCUT2D eigenvalue weighted by Gasteiger charge is -2.17. The van der Waals surface area contributed by atoms with Gasteiger partial charge in [0.05, 0.1) is 12.6 Å². The zero-order chi connectivity index (χ0) is 12.8. The Labute approximate surface area is 103 Å². The summed E-state index contributed by atoms with van der Waals surface area (Å²) in [5.74, 6) is 4.99. The van der Waals surface area contributed by atoms with Gasteiger partial charge in [-0.05, 0) is 19.8 Å². The SMILES string of the molecule is C#CC(Nc1cc(OCC)nc(C)n1)C(C)C. The van der Waals surface area contributed by atoms with Gasteiger partial charge in [0.2, 0.25) is 5.88 Å². The lowest BCUT2D eigenvalue weighted by molar-refractivity contribution is 0.325. The third kappa shape index (κ3) is 3.95. The number of anilines is 1. The van der Waals surface area contributed by atoms with Crippen LogP contribution in [0.25, 0.3) is 0 Å². The van der Waals surface area contributed by atoms with Crippen molar-refractivity contribution in [2.24, 2.45) is 5.92 Å². The largest absolute Gasteiger partial charge is 0.478 e. The van der Waals surface area contributed by atoms with E-state index in [9.17, 15) is 0 Å². The number of nitrogens with one attached hydrogen (secondary N) is 1. The molecule has 0 aliphatic rings. The van der Waals surface area contributed by atoms with Crippen LogP contribution in [0.4, 0.5) is 5.82 Å². The Bertz CT molecular complexity index is 410. The van der Waals surface area contributed by atoms with E-state index in [-0.39, 0.29) is 6.04 Å². The van der Waals surface area contributed by atoms with Crippen LogP contribution in [-0.2, 0) is 0 Å². The van der Waals surface area contributed by atoms with Crippen molar-refractivity contribution in [3.05, 3.63) is 11.9 Å². The monoisotopic (exact) mass is 233 g/mol. The predicted octanol–water partition coefficient (Wildman–Crippen LogP) is 2.25. The van der Waals surface area contributed by atoms with Crippen LogP contribution in [-0.4, -0.2) is 22.6 Å². The molecule has 1 atom stereocenters. The average molecular weight is 233 g/mol. The maximum Gasteiger partial charge on any atom is 0.218 e. The van der Waals surface area contributed by atoms with E-state index >= 15 is 0 Å². The number of aryl methyl sites for hydroxylation is 1. The van der Waals surface area contributed by atoms with E-state index < -0.39 is 0 Å². The summed E-state index contributed by atoms with van der Waals surface area (Å²) in [7, 11) is 0. The molecule has 0 aromatic carbocycles. The van der Waals surface area contributed by atoms with Crippen LogP contribution >= 0.6 is 0 Å². The zero-order valence-corrected chi connectivity index (χ0v) is 10.8. The smallest absolute Gasteiger partial charge is 0.218 e. The van der Waals surface area contributed by atoms with Crippen molar-refractivity contribution in [2.45, 2.75) is 33.7 Å². The Hall–Kier alpha value is -1.76. The van der Waals surface area contributed by atoms with E-state index in [4.69, 9.17) is 11.2 Å². The highest BCUT2D eigenvalue weighted by Crippen LogP contribution is 2.15. The number of terminal acetylenes is 1. The van der Waals surface area contributed by atoms with Crippen molar-refractivity contribution in [1.82, 2.24) is 9.97 Å². The molecule has 1 aromatic rings. The molecule has 0 fully saturated rings. The minimum absolute atomic E-state index is 0.0428. The molecule has 0 radical (unpaired) electrons. The van der Waals surface area contributed by atoms with Gasteiger partial charge in [-0.2, -0.15) is 4.98 Å². The van der Waals surface area contributed by atoms with Gasteiger partial charge in [-0.25, -0.2) is 4.98 Å². The van der Waals surface area contributed by atoms with Gasteiger partial charge in [0.15, 0.2) is 0 Å². The van der Waals surface area contributed by atoms with Crippen molar-refractivity contribution in [1.29, 1.82) is 0 Å². The number of nitrogens with zero attached hydrogens (tertiary/aromatic N) is 2. The molecule has 4 nitrogen and oxygen atoms in total. The highest BCUT2D eigenvalue weighted by Gasteiger charge is 2.11. The molecule has 1 heterocycles. The Morgan fingerprint density at radius 1 is 1.47 bits per heavy atom. The first-order chi connectivity index (χ1) is 8.06. The van der Waals surface area contributed by atoms with E-state index in [1.165, 1.54) is 0 Å². The van der Waals surface area contributed by atoms with Crippen molar-refractivity contribution < 1.29 is 4.74 Å². The number of hydrogen-bond donors (Lipinski definition) is 1. The topological polar surface area (TPSA) is 47.0 Å². The number of ether oxygens (including phenoxy) is 1. The zero-order valence-electron chi connectivity index (χ0n) is 10.8. The summed E-state index contributed by atoms with van der Waals surface area (Å²) >= 11 is 0. The second-order valence-electron chi connectivity index (χ2n) is 4.10. The van der Waals surface area contributed by atoms with Gasteiger partial charge in [0.25, 0.3) is 0 Å². The molecule has 92 valence electrons. The molecule has 1 N–H and O–H groups in total. The Morgan fingerprint density at radius 3 is 2.71 bits per heavy atom. The molecule has 1 rings (SSSR count). The minimum Gasteiger partial charge on any atom is -0.478 e. The summed E-state index contributed by atoms with van der Waals surface area (Å²) < 4.78 is 5.36. The van der Waals surface area contributed by atoms with Crippen LogP contribution in [0.1, 0.15) is 26.6 Å². The Balaban J connectivity index is 2.87. The molecule has 1 unspecified atom stereocenters. The lowest BCUT2D eigenvalue weighted by Crippen LogP contribution is -2.24. The van der Waals surface area contributed by atoms with Crippen LogP contribution in [0.5, 0.6) is 5.88 Å². The fourth-order valence-corrected chi connectivity index (χ4v) is 1.40. The number of rotatable bonds is 5. The third-order valence-electron chi connectivity index (χ3n) is 2.26. The number of hydrogen-bond acceptors (Lipinski definition) is 4. The maximum atomic E-state index is 5.47. The first-order valence-corrected chi connectivity index (χ1v) is 5.78. The van der Waals surface area contributed by atoms with E-state index in [1.54, 1.807) is 6.07 Å². The molecule has 0 bridgehead atoms. The van der Waals surface area contributed by atoms with Crippen LogP contribution in [0.2, 0.25) is 0 Å². The Kier molecular flexibility index (Phi) is 4.77. The van der Waals surface area contributed by atoms with Crippen LogP contribution in [0.15, 0.2) is 6.07 Å². The van der Waals surface area contributed by atoms with Gasteiger partial charge in [-0.15, -0.1) is 6.42 Å². The summed E-state index contributed by atoms with van der Waals surface area (Å²) in [5.41, 5.74) is 0. The number of aromatic nitrogens is 2. The van der Waals surface area contributed by atoms with Crippen molar-refractivity contribution in [3.8, 4) is 18.2 Å². The van der Waals surface area contributed by atoms with Crippen molar-refractivity contribution >= 4 is 5.82 Å². The van der Waals surface area contributed by atoms with Gasteiger partial charge in [0, 0.05) is 6.07 Å². The summed E-state index contributed by atoms with van der Waals surface area (Å²) in [6.07, 6.45) is 5.47. The molecule has 0 aliphatic carbocycles. The maximum absolute atomic E-state index is 5.47. The molecule has 0 amide bonds. The Morgan fingerprint density at radius 2 is 2.18 bits per heavy atom. The normalized spacial score (nSPS) is 12.0. The van der Waals surface area contributed by atoms with E-state index in [0.717, 1.165) is 0 Å². The van der Waals surface area contributed by atoms with Gasteiger partial charge >= 0.3 is 0 Å². The minimum atomic E-state index is -0.0428. The molecule has 0 aliphatic heterocycles. The second kappa shape index (κ2) is 6.09. The third-order valence-corrected chi connectivity index (χ3v) is 2.26. The van der Waals surface area contributed by atoms with Gasteiger partial charge in [-0.1, -0.05) is 19.8 Å². The summed E-state index contributed by atoms with van der Waals surface area (Å²) in [6, 6.07) is 1.72. The second-order valence-corrected chi connectivity index (χ2v) is 4.10. The van der Waals surface area contributed by atoms with E-state index in [2.05, 4.69) is 35.1 Å². The van der Waals surface area contributed by atoms with E-state index in [1.807, 2.05) is 13.8 Å². The molecule has 17 heavy (non-hydrogen) atoms. The van der Waals surface area contributed by atoms with Gasteiger partial charge in [-0.3, -0.25) is 0 Å². The first kappa shape index (κ1) is 13.3. The predicted molar refractivity (Wildman–Crippen MR) is 69.0 cm³/mol. The first-order valence-electron chi connectivity index (χ1n) is 5.78. The van der Waals surface area contributed by atoms with Gasteiger partial charge < -0.3 is 10.1 Å². The van der Waals surface area contributed by atoms with Crippen LogP contribution < -0.4 is 10.1 Å². The van der Waals surface area contributed by atoms with Crippen LogP contribution in [0, 0.1) is 25.2 Å². The molecular formula is C13H19N3O. The van der Waals surface area contributed by atoms with Crippen LogP contribution in [0.3, 0.4) is 0 Å². The fraction of sp³-hybridized carbons (Fsp3) is 0.538. The molecule has 0 spiro atoms. The molecule has 4 heteroatoms. The highest BCUT2D eigenvalue weighted by molar-refractivity contribution is 5.41. The summed E-state index contributed by atoms with van der Waals surface area (Å²) in [4.78, 5) is 8.47. The quantitative estimate of drug-likeness (QED) is 0.792. The van der Waals surface area contributed by atoms with Crippen molar-refractivity contribution in [3.63, 3.8) is 0 Å². The van der Waals surface area contributed by atoms with E-state index in [0.29, 0.717) is 30.0 Å². The standard InChI is InChI=1S/C13H19N3O/c1-6-11(9(3)4)16-12-8-13(17-7-2)15-10(5)14-12/h1,8-9,11H,7H2,2-5H3,(H,14,15,16). The highest BCUT2D eigenvalue weighted by atomic mass is 16.5. The van der Waals surface area contributed by atoms with Crippen molar-refractivity contribution in [2.75, 3.05) is 11.9 Å². The molecular weight excluding hydrogens is 214 g/mol. The molecule has 0 saturated carbocycles. The summed E-state index contributed by atoms with van der Waals surface area (Å²) in [6.45, 7) is 8.46. The summed E-state index contributed by atoms with van der Waals surface area (Å²) in [5, 5.41) is 3.20. The average Bonchev–Trinajstić information content (AvgIpc) is 2.25. The molecule has 0 saturated heterocycles. The molecule has 1 aromatic heterocycles. The van der Waals surface area contributed by atoms with Gasteiger partial charge in [0.1, 0.15) is 11.6 Å².